The third-order valence-corrected chi connectivity index (χ3v) is 4.16. The van der Waals surface area contributed by atoms with Gasteiger partial charge >= 0.3 is 0 Å². The zero-order valence-electron chi connectivity index (χ0n) is 15.4. The molecule has 0 fully saturated rings. The van der Waals surface area contributed by atoms with Crippen LogP contribution in [0.1, 0.15) is 27.8 Å². The number of hydrogen-bond acceptors (Lipinski definition) is 5. The van der Waals surface area contributed by atoms with Gasteiger partial charge in [0.25, 0.3) is 5.91 Å². The molecule has 0 bridgehead atoms. The number of ether oxygens (including phenoxy) is 1. The van der Waals surface area contributed by atoms with Crippen LogP contribution >= 0.6 is 0 Å². The lowest BCUT2D eigenvalue weighted by atomic mass is 10.0. The quantitative estimate of drug-likeness (QED) is 0.551. The molecule has 1 aromatic heterocycles. The zero-order valence-corrected chi connectivity index (χ0v) is 15.4. The second-order valence-electron chi connectivity index (χ2n) is 6.05. The van der Waals surface area contributed by atoms with E-state index in [1.54, 1.807) is 24.3 Å². The van der Waals surface area contributed by atoms with Crippen LogP contribution in [0.25, 0.3) is 0 Å². The fraction of sp³-hybridized carbons (Fsp3) is 0.200. The molecule has 0 spiro atoms. The van der Waals surface area contributed by atoms with E-state index in [1.807, 2.05) is 30.3 Å². The summed E-state index contributed by atoms with van der Waals surface area (Å²) >= 11 is 0. The lowest BCUT2D eigenvalue weighted by molar-refractivity contribution is -0.120. The van der Waals surface area contributed by atoms with Crippen LogP contribution in [-0.4, -0.2) is 40.7 Å². The van der Waals surface area contributed by atoms with Gasteiger partial charge in [-0.1, -0.05) is 42.5 Å². The van der Waals surface area contributed by atoms with Gasteiger partial charge in [0.15, 0.2) is 0 Å². The second-order valence-corrected chi connectivity index (χ2v) is 6.05. The molecular formula is C20H21N5O3. The molecule has 3 N–H and O–H groups in total. The van der Waals surface area contributed by atoms with Crippen LogP contribution in [-0.2, 0) is 11.2 Å². The van der Waals surface area contributed by atoms with Crippen molar-refractivity contribution in [3.63, 3.8) is 0 Å². The van der Waals surface area contributed by atoms with Gasteiger partial charge in [-0.3, -0.25) is 14.7 Å². The number of nitrogens with one attached hydrogen (secondary N) is 3. The van der Waals surface area contributed by atoms with Crippen molar-refractivity contribution in [2.75, 3.05) is 13.7 Å². The van der Waals surface area contributed by atoms with E-state index in [2.05, 4.69) is 25.8 Å². The molecule has 1 heterocycles. The summed E-state index contributed by atoms with van der Waals surface area (Å²) in [6, 6.07) is 16.1. The van der Waals surface area contributed by atoms with Crippen LogP contribution in [0.15, 0.2) is 60.9 Å². The molecule has 0 aliphatic rings. The maximum absolute atomic E-state index is 12.4. The number of H-pyrrole nitrogens is 1. The van der Waals surface area contributed by atoms with E-state index in [4.69, 9.17) is 4.74 Å². The SMILES string of the molecule is COc1ccccc1C(=O)NCC(=O)N[C@@H](Cc1ncn[nH]1)c1ccccc1. The number of carbonyl (C=O) groups is 2. The Balaban J connectivity index is 1.63. The van der Waals surface area contributed by atoms with Gasteiger partial charge in [0.2, 0.25) is 5.91 Å². The van der Waals surface area contributed by atoms with Gasteiger partial charge in [-0.15, -0.1) is 0 Å². The van der Waals surface area contributed by atoms with E-state index in [0.29, 0.717) is 23.6 Å². The highest BCUT2D eigenvalue weighted by molar-refractivity contribution is 5.98. The molecule has 2 amide bonds. The van der Waals surface area contributed by atoms with Crippen LogP contribution in [0.5, 0.6) is 5.75 Å². The summed E-state index contributed by atoms with van der Waals surface area (Å²) in [5.41, 5.74) is 1.31. The summed E-state index contributed by atoms with van der Waals surface area (Å²) in [7, 11) is 1.49. The molecular weight excluding hydrogens is 358 g/mol. The maximum atomic E-state index is 12.4. The number of methoxy groups -OCH3 is 1. The lowest BCUT2D eigenvalue weighted by Gasteiger charge is -2.18. The summed E-state index contributed by atoms with van der Waals surface area (Å²) in [5, 5.41) is 12.2. The smallest absolute Gasteiger partial charge is 0.255 e. The average molecular weight is 379 g/mol. The van der Waals surface area contributed by atoms with Crippen LogP contribution in [0.4, 0.5) is 0 Å². The highest BCUT2D eigenvalue weighted by Gasteiger charge is 2.18. The summed E-state index contributed by atoms with van der Waals surface area (Å²) in [5.74, 6) is 0.427. The molecule has 0 saturated carbocycles. The van der Waals surface area contributed by atoms with Gasteiger partial charge < -0.3 is 15.4 Å². The Morgan fingerprint density at radius 1 is 1.11 bits per heavy atom. The van der Waals surface area contributed by atoms with Gasteiger partial charge in [0, 0.05) is 6.42 Å². The molecule has 0 saturated heterocycles. The van der Waals surface area contributed by atoms with Crippen molar-refractivity contribution >= 4 is 11.8 Å². The topological polar surface area (TPSA) is 109 Å². The Morgan fingerprint density at radius 2 is 1.86 bits per heavy atom. The van der Waals surface area contributed by atoms with Gasteiger partial charge in [-0.05, 0) is 17.7 Å². The second kappa shape index (κ2) is 9.31. The first-order chi connectivity index (χ1) is 13.7. The number of amides is 2. The molecule has 3 rings (SSSR count). The number of benzene rings is 2. The van der Waals surface area contributed by atoms with E-state index >= 15 is 0 Å². The van der Waals surface area contributed by atoms with Crippen LogP contribution in [0.3, 0.4) is 0 Å². The molecule has 144 valence electrons. The minimum absolute atomic E-state index is 0.156. The molecule has 2 aromatic carbocycles. The Morgan fingerprint density at radius 3 is 2.57 bits per heavy atom. The zero-order chi connectivity index (χ0) is 19.8. The predicted molar refractivity (Wildman–Crippen MR) is 103 cm³/mol. The normalized spacial score (nSPS) is 11.5. The van der Waals surface area contributed by atoms with Crippen molar-refractivity contribution in [2.45, 2.75) is 12.5 Å². The summed E-state index contributed by atoms with van der Waals surface area (Å²) < 4.78 is 5.18. The van der Waals surface area contributed by atoms with E-state index in [0.717, 1.165) is 5.56 Å². The first kappa shape index (κ1) is 19.1. The van der Waals surface area contributed by atoms with Crippen molar-refractivity contribution in [3.8, 4) is 5.75 Å². The van der Waals surface area contributed by atoms with Crippen molar-refractivity contribution in [3.05, 3.63) is 77.9 Å². The van der Waals surface area contributed by atoms with Crippen LogP contribution in [0.2, 0.25) is 0 Å². The van der Waals surface area contributed by atoms with Crippen molar-refractivity contribution < 1.29 is 14.3 Å². The Kier molecular flexibility index (Phi) is 6.35. The lowest BCUT2D eigenvalue weighted by Crippen LogP contribution is -2.39. The van der Waals surface area contributed by atoms with Crippen molar-refractivity contribution in [1.29, 1.82) is 0 Å². The molecule has 0 aliphatic heterocycles. The van der Waals surface area contributed by atoms with E-state index < -0.39 is 0 Å². The number of para-hydroxylation sites is 1. The van der Waals surface area contributed by atoms with Crippen molar-refractivity contribution in [1.82, 2.24) is 25.8 Å². The van der Waals surface area contributed by atoms with Crippen LogP contribution in [0, 0.1) is 0 Å². The monoisotopic (exact) mass is 379 g/mol. The van der Waals surface area contributed by atoms with Gasteiger partial charge in [0.1, 0.15) is 17.9 Å². The predicted octanol–water partition coefficient (Wildman–Crippen LogP) is 1.64. The molecule has 1 atom stereocenters. The molecule has 0 unspecified atom stereocenters. The molecule has 8 nitrogen and oxygen atoms in total. The van der Waals surface area contributed by atoms with Crippen molar-refractivity contribution in [2.24, 2.45) is 0 Å². The first-order valence-electron chi connectivity index (χ1n) is 8.77. The fourth-order valence-corrected chi connectivity index (χ4v) is 2.79. The Bertz CT molecular complexity index is 913. The Hall–Kier alpha value is -3.68. The van der Waals surface area contributed by atoms with Gasteiger partial charge in [-0.2, -0.15) is 5.10 Å². The number of aromatic nitrogens is 3. The molecule has 8 heteroatoms. The van der Waals surface area contributed by atoms with Crippen LogP contribution < -0.4 is 15.4 Å². The first-order valence-corrected chi connectivity index (χ1v) is 8.77. The third kappa shape index (κ3) is 4.94. The van der Waals surface area contributed by atoms with E-state index in [1.165, 1.54) is 13.4 Å². The standard InChI is InChI=1S/C20H21N5O3/c1-28-17-10-6-5-9-15(17)20(27)21-12-19(26)24-16(11-18-22-13-23-25-18)14-7-3-2-4-8-14/h2-10,13,16H,11-12H2,1H3,(H,21,27)(H,24,26)(H,22,23,25)/t16-/m0/s1. The minimum Gasteiger partial charge on any atom is -0.496 e. The maximum Gasteiger partial charge on any atom is 0.255 e. The largest absolute Gasteiger partial charge is 0.496 e. The molecule has 3 aromatic rings. The number of nitrogens with zero attached hydrogens (tertiary/aromatic N) is 2. The highest BCUT2D eigenvalue weighted by atomic mass is 16.5. The number of carbonyl (C=O) groups excluding carboxylic acids is 2. The fourth-order valence-electron chi connectivity index (χ4n) is 2.79. The molecule has 0 radical (unpaired) electrons. The molecule has 0 aliphatic carbocycles. The third-order valence-electron chi connectivity index (χ3n) is 4.16. The molecule has 28 heavy (non-hydrogen) atoms. The highest BCUT2D eigenvalue weighted by Crippen LogP contribution is 2.17. The number of rotatable bonds is 8. The summed E-state index contributed by atoms with van der Waals surface area (Å²) in [6.45, 7) is -0.156. The summed E-state index contributed by atoms with van der Waals surface area (Å²) in [6.07, 6.45) is 1.88. The van der Waals surface area contributed by atoms with E-state index in [-0.39, 0.29) is 24.4 Å². The van der Waals surface area contributed by atoms with Gasteiger partial charge in [0.05, 0.1) is 25.3 Å². The minimum atomic E-state index is -0.376. The Labute approximate surface area is 162 Å². The average Bonchev–Trinajstić information content (AvgIpc) is 3.25. The number of hydrogen-bond donors (Lipinski definition) is 3. The number of aromatic amines is 1. The van der Waals surface area contributed by atoms with Gasteiger partial charge in [-0.25, -0.2) is 4.98 Å². The van der Waals surface area contributed by atoms with E-state index in [9.17, 15) is 9.59 Å². The summed E-state index contributed by atoms with van der Waals surface area (Å²) in [4.78, 5) is 28.9.